The van der Waals surface area contributed by atoms with Crippen molar-refractivity contribution in [2.24, 2.45) is 13.0 Å². The summed E-state index contributed by atoms with van der Waals surface area (Å²) in [5.41, 5.74) is 2.64. The largest absolute Gasteiger partial charge is 0.355 e. The second-order valence-corrected chi connectivity index (χ2v) is 6.71. The first kappa shape index (κ1) is 17.5. The third-order valence-corrected chi connectivity index (χ3v) is 4.95. The van der Waals surface area contributed by atoms with Crippen LogP contribution >= 0.6 is 0 Å². The van der Waals surface area contributed by atoms with Crippen LogP contribution in [0, 0.1) is 5.92 Å². The Hall–Kier alpha value is -2.37. The summed E-state index contributed by atoms with van der Waals surface area (Å²) in [4.78, 5) is 28.3. The number of aromatic nitrogens is 2. The number of benzene rings is 1. The maximum absolute atomic E-state index is 12.1. The average molecular weight is 342 g/mol. The molecule has 6 heteroatoms. The van der Waals surface area contributed by atoms with Crippen molar-refractivity contribution in [3.8, 4) is 0 Å². The summed E-state index contributed by atoms with van der Waals surface area (Å²) >= 11 is 0. The van der Waals surface area contributed by atoms with E-state index >= 15 is 0 Å². The van der Waals surface area contributed by atoms with Crippen molar-refractivity contribution in [1.29, 1.82) is 0 Å². The lowest BCUT2D eigenvalue weighted by atomic mass is 10.1. The van der Waals surface area contributed by atoms with Crippen LogP contribution in [0.1, 0.15) is 44.9 Å². The smallest absolute Gasteiger partial charge is 0.224 e. The van der Waals surface area contributed by atoms with E-state index in [0.29, 0.717) is 19.4 Å². The summed E-state index contributed by atoms with van der Waals surface area (Å²) in [6.07, 6.45) is 5.51. The van der Waals surface area contributed by atoms with Crippen LogP contribution in [0.3, 0.4) is 0 Å². The summed E-state index contributed by atoms with van der Waals surface area (Å²) in [6.45, 7) is 2.43. The summed E-state index contributed by atoms with van der Waals surface area (Å²) < 4.78 is 2.04. The Balaban J connectivity index is 1.64. The molecule has 0 radical (unpaired) electrons. The molecule has 1 heterocycles. The van der Waals surface area contributed by atoms with Gasteiger partial charge in [0.15, 0.2) is 0 Å². The van der Waals surface area contributed by atoms with Gasteiger partial charge in [0.2, 0.25) is 11.8 Å². The van der Waals surface area contributed by atoms with Crippen LogP contribution in [0.4, 0.5) is 5.69 Å². The Labute approximate surface area is 148 Å². The average Bonchev–Trinajstić information content (AvgIpc) is 3.24. The molecule has 0 aliphatic heterocycles. The molecule has 1 aromatic carbocycles. The fourth-order valence-corrected chi connectivity index (χ4v) is 3.43. The fourth-order valence-electron chi connectivity index (χ4n) is 3.43. The topological polar surface area (TPSA) is 76.0 Å². The summed E-state index contributed by atoms with van der Waals surface area (Å²) in [5, 5.41) is 5.90. The van der Waals surface area contributed by atoms with E-state index in [2.05, 4.69) is 15.6 Å². The van der Waals surface area contributed by atoms with Crippen molar-refractivity contribution < 1.29 is 9.59 Å². The molecule has 0 atom stereocenters. The number of aryl methyl sites for hydroxylation is 1. The zero-order chi connectivity index (χ0) is 17.8. The molecule has 0 bridgehead atoms. The molecule has 1 saturated carbocycles. The van der Waals surface area contributed by atoms with E-state index in [1.807, 2.05) is 36.7 Å². The first-order chi connectivity index (χ1) is 12.1. The van der Waals surface area contributed by atoms with E-state index in [9.17, 15) is 9.59 Å². The first-order valence-corrected chi connectivity index (χ1v) is 9.11. The standard InChI is InChI=1S/C19H26N4O2/c1-3-18(24)21-14-8-9-16-15(12-14)22-17(23(16)2)10-11-20-19(25)13-6-4-5-7-13/h8-9,12-13H,3-7,10-11H2,1-2H3,(H,20,25)(H,21,24). The molecule has 1 fully saturated rings. The van der Waals surface area contributed by atoms with E-state index in [1.54, 1.807) is 0 Å². The van der Waals surface area contributed by atoms with Gasteiger partial charge in [-0.1, -0.05) is 19.8 Å². The molecule has 0 spiro atoms. The van der Waals surface area contributed by atoms with Crippen LogP contribution in [0.25, 0.3) is 11.0 Å². The number of nitrogens with one attached hydrogen (secondary N) is 2. The minimum atomic E-state index is -0.00914. The van der Waals surface area contributed by atoms with Gasteiger partial charge < -0.3 is 15.2 Å². The first-order valence-electron chi connectivity index (χ1n) is 9.11. The molecule has 6 nitrogen and oxygen atoms in total. The van der Waals surface area contributed by atoms with Gasteiger partial charge in [-0.3, -0.25) is 9.59 Å². The van der Waals surface area contributed by atoms with E-state index in [0.717, 1.165) is 35.4 Å². The second kappa shape index (κ2) is 7.68. The molecule has 2 aromatic rings. The van der Waals surface area contributed by atoms with Crippen LogP contribution < -0.4 is 10.6 Å². The monoisotopic (exact) mass is 342 g/mol. The third kappa shape index (κ3) is 4.00. The number of amides is 2. The fraction of sp³-hybridized carbons (Fsp3) is 0.526. The number of anilines is 1. The van der Waals surface area contributed by atoms with Crippen LogP contribution in [0.5, 0.6) is 0 Å². The Morgan fingerprint density at radius 1 is 1.28 bits per heavy atom. The van der Waals surface area contributed by atoms with Gasteiger partial charge in [0.1, 0.15) is 5.82 Å². The van der Waals surface area contributed by atoms with Gasteiger partial charge in [0, 0.05) is 38.0 Å². The molecular weight excluding hydrogens is 316 g/mol. The number of carbonyl (C=O) groups is 2. The number of fused-ring (bicyclic) bond motifs is 1. The highest BCUT2D eigenvalue weighted by atomic mass is 16.2. The highest BCUT2D eigenvalue weighted by molar-refractivity contribution is 5.93. The Bertz CT molecular complexity index is 775. The lowest BCUT2D eigenvalue weighted by Crippen LogP contribution is -2.31. The van der Waals surface area contributed by atoms with Gasteiger partial charge in [0.25, 0.3) is 0 Å². The highest BCUT2D eigenvalue weighted by Crippen LogP contribution is 2.24. The molecule has 1 aliphatic carbocycles. The Kier molecular flexibility index (Phi) is 5.36. The molecule has 3 rings (SSSR count). The number of imidazole rings is 1. The molecule has 2 amide bonds. The molecule has 134 valence electrons. The van der Waals surface area contributed by atoms with Gasteiger partial charge in [-0.2, -0.15) is 0 Å². The maximum atomic E-state index is 12.1. The molecule has 1 aliphatic rings. The number of rotatable bonds is 6. The van der Waals surface area contributed by atoms with Crippen molar-refractivity contribution in [2.75, 3.05) is 11.9 Å². The van der Waals surface area contributed by atoms with Gasteiger partial charge in [0.05, 0.1) is 11.0 Å². The van der Waals surface area contributed by atoms with Gasteiger partial charge in [-0.05, 0) is 31.0 Å². The quantitative estimate of drug-likeness (QED) is 0.847. The van der Waals surface area contributed by atoms with Crippen LogP contribution in [-0.4, -0.2) is 27.9 Å². The number of carbonyl (C=O) groups excluding carboxylic acids is 2. The van der Waals surface area contributed by atoms with Gasteiger partial charge in [-0.15, -0.1) is 0 Å². The van der Waals surface area contributed by atoms with Crippen LogP contribution in [-0.2, 0) is 23.1 Å². The summed E-state index contributed by atoms with van der Waals surface area (Å²) in [7, 11) is 1.98. The maximum Gasteiger partial charge on any atom is 0.224 e. The zero-order valence-electron chi connectivity index (χ0n) is 15.0. The molecule has 2 N–H and O–H groups in total. The number of hydrogen-bond acceptors (Lipinski definition) is 3. The van der Waals surface area contributed by atoms with Crippen molar-refractivity contribution in [3.63, 3.8) is 0 Å². The van der Waals surface area contributed by atoms with Crippen molar-refractivity contribution in [1.82, 2.24) is 14.9 Å². The molecule has 1 aromatic heterocycles. The van der Waals surface area contributed by atoms with Crippen molar-refractivity contribution in [2.45, 2.75) is 45.4 Å². The molecule has 0 unspecified atom stereocenters. The lowest BCUT2D eigenvalue weighted by molar-refractivity contribution is -0.124. The molecular formula is C19H26N4O2. The second-order valence-electron chi connectivity index (χ2n) is 6.71. The minimum Gasteiger partial charge on any atom is -0.355 e. The predicted molar refractivity (Wildman–Crippen MR) is 98.3 cm³/mol. The van der Waals surface area contributed by atoms with Gasteiger partial charge >= 0.3 is 0 Å². The van der Waals surface area contributed by atoms with E-state index in [1.165, 1.54) is 12.8 Å². The highest BCUT2D eigenvalue weighted by Gasteiger charge is 2.22. The zero-order valence-corrected chi connectivity index (χ0v) is 15.0. The normalized spacial score (nSPS) is 14.8. The Morgan fingerprint density at radius 3 is 2.76 bits per heavy atom. The summed E-state index contributed by atoms with van der Waals surface area (Å²) in [6, 6.07) is 5.75. The van der Waals surface area contributed by atoms with Crippen molar-refractivity contribution >= 4 is 28.5 Å². The SMILES string of the molecule is CCC(=O)Nc1ccc2c(c1)nc(CCNC(=O)C1CCCC1)n2C. The van der Waals surface area contributed by atoms with E-state index in [-0.39, 0.29) is 17.7 Å². The predicted octanol–water partition coefficient (Wildman–Crippen LogP) is 2.77. The number of hydrogen-bond donors (Lipinski definition) is 2. The van der Waals surface area contributed by atoms with E-state index in [4.69, 9.17) is 0 Å². The Morgan fingerprint density at radius 2 is 2.04 bits per heavy atom. The summed E-state index contributed by atoms with van der Waals surface area (Å²) in [5.74, 6) is 1.30. The minimum absolute atomic E-state index is 0.00914. The van der Waals surface area contributed by atoms with Crippen LogP contribution in [0.15, 0.2) is 18.2 Å². The molecule has 0 saturated heterocycles. The lowest BCUT2D eigenvalue weighted by Gasteiger charge is -2.10. The molecule has 25 heavy (non-hydrogen) atoms. The van der Waals surface area contributed by atoms with Gasteiger partial charge in [-0.25, -0.2) is 4.98 Å². The number of nitrogens with zero attached hydrogens (tertiary/aromatic N) is 2. The van der Waals surface area contributed by atoms with Crippen molar-refractivity contribution in [3.05, 3.63) is 24.0 Å². The third-order valence-electron chi connectivity index (χ3n) is 4.95. The van der Waals surface area contributed by atoms with E-state index < -0.39 is 0 Å². The van der Waals surface area contributed by atoms with Crippen LogP contribution in [0.2, 0.25) is 0 Å².